The summed E-state index contributed by atoms with van der Waals surface area (Å²) in [6.07, 6.45) is 4.05. The molecule has 0 radical (unpaired) electrons. The highest BCUT2D eigenvalue weighted by Crippen LogP contribution is 2.42. The van der Waals surface area contributed by atoms with Crippen molar-refractivity contribution >= 4 is 23.5 Å². The second-order valence-electron chi connectivity index (χ2n) is 12.0. The summed E-state index contributed by atoms with van der Waals surface area (Å²) >= 11 is 0. The Hall–Kier alpha value is -3.22. The molecule has 1 aromatic rings. The normalized spacial score (nSPS) is 23.8. The minimum absolute atomic E-state index is 0.103. The number of nitrogens with two attached hydrogens (primary N) is 1. The molecule has 3 fully saturated rings. The molecule has 3 aliphatic rings. The number of primary amides is 1. The van der Waals surface area contributed by atoms with E-state index in [0.717, 1.165) is 25.7 Å². The molecule has 12 nitrogen and oxygen atoms in total. The quantitative estimate of drug-likeness (QED) is 0.228. The van der Waals surface area contributed by atoms with Crippen LogP contribution < -0.4 is 21.1 Å². The number of ether oxygens (including phenoxy) is 3. The van der Waals surface area contributed by atoms with E-state index in [4.69, 9.17) is 19.9 Å². The second kappa shape index (κ2) is 13.4. The first-order valence-corrected chi connectivity index (χ1v) is 14.7. The van der Waals surface area contributed by atoms with E-state index in [1.54, 1.807) is 19.1 Å². The minimum atomic E-state index is -1.85. The van der Waals surface area contributed by atoms with E-state index in [-0.39, 0.29) is 48.7 Å². The van der Waals surface area contributed by atoms with Crippen LogP contribution in [0.15, 0.2) is 18.2 Å². The lowest BCUT2D eigenvalue weighted by atomic mass is 9.69. The van der Waals surface area contributed by atoms with Gasteiger partial charge in [-0.2, -0.15) is 0 Å². The summed E-state index contributed by atoms with van der Waals surface area (Å²) in [5, 5.41) is 16.0. The molecule has 4 atom stereocenters. The Morgan fingerprint density at radius 1 is 1.21 bits per heavy atom. The topological polar surface area (TPSA) is 173 Å². The molecule has 0 spiro atoms. The molecule has 5 N–H and O–H groups in total. The molecule has 4 rings (SSSR count). The van der Waals surface area contributed by atoms with Crippen molar-refractivity contribution in [2.24, 2.45) is 17.6 Å². The molecule has 42 heavy (non-hydrogen) atoms. The number of rotatable bonds is 14. The van der Waals surface area contributed by atoms with Gasteiger partial charge in [-0.25, -0.2) is 0 Å². The van der Waals surface area contributed by atoms with E-state index in [1.165, 1.54) is 20.1 Å². The first-order valence-electron chi connectivity index (χ1n) is 14.7. The van der Waals surface area contributed by atoms with Gasteiger partial charge < -0.3 is 35.7 Å². The van der Waals surface area contributed by atoms with Gasteiger partial charge in [0.05, 0.1) is 39.4 Å². The summed E-state index contributed by atoms with van der Waals surface area (Å²) in [4.78, 5) is 56.0. The zero-order valence-electron chi connectivity index (χ0n) is 24.8. The van der Waals surface area contributed by atoms with Crippen molar-refractivity contribution in [3.8, 4) is 11.5 Å². The molecule has 2 saturated heterocycles. The number of benzene rings is 1. The van der Waals surface area contributed by atoms with E-state index >= 15 is 0 Å². The summed E-state index contributed by atoms with van der Waals surface area (Å²) in [6.45, 7) is 5.81. The van der Waals surface area contributed by atoms with Crippen molar-refractivity contribution in [2.45, 2.75) is 69.6 Å². The summed E-state index contributed by atoms with van der Waals surface area (Å²) < 4.78 is 16.0. The molecule has 3 amide bonds. The molecular weight excluding hydrogens is 544 g/mol. The lowest BCUT2D eigenvalue weighted by Gasteiger charge is -2.41. The fraction of sp³-hybridized carbons (Fsp3) is 0.667. The number of hydrogen-bond acceptors (Lipinski definition) is 9. The zero-order valence-corrected chi connectivity index (χ0v) is 24.8. The largest absolute Gasteiger partial charge is 0.504 e. The molecule has 2 heterocycles. The maximum Gasteiger partial charge on any atom is 0.244 e. The van der Waals surface area contributed by atoms with E-state index in [2.05, 4.69) is 10.6 Å². The number of ketones is 1. The predicted molar refractivity (Wildman–Crippen MR) is 153 cm³/mol. The fourth-order valence-corrected chi connectivity index (χ4v) is 6.12. The third-order valence-electron chi connectivity index (χ3n) is 8.81. The molecule has 0 aromatic heterocycles. The molecule has 2 aliphatic heterocycles. The average molecular weight is 589 g/mol. The molecule has 232 valence electrons. The SMILES string of the molecule is COc1ccc(CC(NC(=O)[C@H](C)NC(=O)CN2CCOCC2)(C(N)=O)[C@H](CC2CCCC2)C(=O)[C@@]2(C)CO2)cc1O. The number of Topliss-reactive ketones (excluding diaryl/α,β-unsaturated/α-hetero) is 1. The first kappa shape index (κ1) is 31.7. The molecule has 12 heteroatoms. The van der Waals surface area contributed by atoms with Crippen LogP contribution in [0.2, 0.25) is 0 Å². The Bertz CT molecular complexity index is 1160. The van der Waals surface area contributed by atoms with Gasteiger partial charge in [0.1, 0.15) is 17.2 Å². The maximum absolute atomic E-state index is 14.0. The Balaban J connectivity index is 1.65. The van der Waals surface area contributed by atoms with E-state index in [0.29, 0.717) is 38.3 Å². The number of epoxide rings is 1. The van der Waals surface area contributed by atoms with Crippen LogP contribution in [0, 0.1) is 11.8 Å². The number of nitrogens with one attached hydrogen (secondary N) is 2. The van der Waals surface area contributed by atoms with E-state index < -0.39 is 34.9 Å². The average Bonchev–Trinajstić information content (AvgIpc) is 3.49. The first-order chi connectivity index (χ1) is 20.0. The lowest BCUT2D eigenvalue weighted by molar-refractivity contribution is -0.142. The number of carbonyl (C=O) groups is 4. The number of phenolic OH excluding ortho intramolecular Hbond substituents is 1. The van der Waals surface area contributed by atoms with Gasteiger partial charge >= 0.3 is 0 Å². The maximum atomic E-state index is 14.0. The van der Waals surface area contributed by atoms with Crippen LogP contribution in [0.3, 0.4) is 0 Å². The van der Waals surface area contributed by atoms with Crippen molar-refractivity contribution in [3.05, 3.63) is 23.8 Å². The zero-order chi connectivity index (χ0) is 30.5. The van der Waals surface area contributed by atoms with Gasteiger partial charge in [0.25, 0.3) is 0 Å². The Morgan fingerprint density at radius 2 is 1.88 bits per heavy atom. The van der Waals surface area contributed by atoms with Gasteiger partial charge in [-0.3, -0.25) is 24.1 Å². The number of methoxy groups -OCH3 is 1. The van der Waals surface area contributed by atoms with Crippen LogP contribution in [0.4, 0.5) is 0 Å². The highest BCUT2D eigenvalue weighted by atomic mass is 16.6. The number of hydrogen-bond donors (Lipinski definition) is 4. The van der Waals surface area contributed by atoms with Gasteiger partial charge in [0, 0.05) is 19.5 Å². The van der Waals surface area contributed by atoms with Crippen molar-refractivity contribution in [3.63, 3.8) is 0 Å². The number of aromatic hydroxyl groups is 1. The smallest absolute Gasteiger partial charge is 0.244 e. The van der Waals surface area contributed by atoms with Crippen molar-refractivity contribution < 1.29 is 38.5 Å². The standard InChI is InChI=1S/C30H44N4O8/c1-19(32-25(36)17-34-10-12-41-13-11-34)27(38)33-30(28(31)39,16-21-8-9-24(40-3)23(35)15-21)22(14-20-6-4-5-7-20)26(37)29(2)18-42-29/h8-9,15,19-20,22,35H,4-7,10-14,16-18H2,1-3H3,(H2,31,39)(H,32,36)(H,33,38)/t19-,22+,29+,30?/m0/s1. The van der Waals surface area contributed by atoms with Crippen molar-refractivity contribution in [1.82, 2.24) is 15.5 Å². The van der Waals surface area contributed by atoms with Gasteiger partial charge in [0.2, 0.25) is 17.7 Å². The number of phenols is 1. The van der Waals surface area contributed by atoms with Crippen LogP contribution in [-0.4, -0.2) is 97.3 Å². The number of morpholine rings is 1. The van der Waals surface area contributed by atoms with Crippen LogP contribution in [0.1, 0.15) is 51.5 Å². The third kappa shape index (κ3) is 7.40. The Morgan fingerprint density at radius 3 is 2.45 bits per heavy atom. The summed E-state index contributed by atoms with van der Waals surface area (Å²) in [6, 6.07) is 3.62. The monoisotopic (exact) mass is 588 g/mol. The van der Waals surface area contributed by atoms with E-state index in [1.807, 2.05) is 4.90 Å². The fourth-order valence-electron chi connectivity index (χ4n) is 6.12. The third-order valence-corrected chi connectivity index (χ3v) is 8.81. The van der Waals surface area contributed by atoms with Gasteiger partial charge in [-0.15, -0.1) is 0 Å². The molecule has 1 saturated carbocycles. The summed E-state index contributed by atoms with van der Waals surface area (Å²) in [7, 11) is 1.42. The van der Waals surface area contributed by atoms with Crippen molar-refractivity contribution in [2.75, 3.05) is 46.6 Å². The molecule has 0 bridgehead atoms. The molecule has 1 aliphatic carbocycles. The molecular formula is C30H44N4O8. The van der Waals surface area contributed by atoms with Crippen LogP contribution in [0.25, 0.3) is 0 Å². The summed E-state index contributed by atoms with van der Waals surface area (Å²) in [5.74, 6) is -2.90. The number of carbonyl (C=O) groups excluding carboxylic acids is 4. The Kier molecular flexibility index (Phi) is 10.1. The summed E-state index contributed by atoms with van der Waals surface area (Å²) in [5.41, 5.74) is 3.67. The van der Waals surface area contributed by atoms with Crippen LogP contribution in [0.5, 0.6) is 11.5 Å². The minimum Gasteiger partial charge on any atom is -0.504 e. The van der Waals surface area contributed by atoms with E-state index in [9.17, 15) is 24.3 Å². The highest BCUT2D eigenvalue weighted by molar-refractivity contribution is 6.01. The van der Waals surface area contributed by atoms with Crippen LogP contribution >= 0.6 is 0 Å². The number of amides is 3. The van der Waals surface area contributed by atoms with Crippen LogP contribution in [-0.2, 0) is 35.1 Å². The van der Waals surface area contributed by atoms with Gasteiger partial charge in [-0.05, 0) is 43.9 Å². The van der Waals surface area contributed by atoms with Gasteiger partial charge in [-0.1, -0.05) is 31.7 Å². The lowest BCUT2D eigenvalue weighted by Crippen LogP contribution is -2.68. The Labute approximate surface area is 246 Å². The highest BCUT2D eigenvalue weighted by Gasteiger charge is 2.58. The molecule has 1 aromatic carbocycles. The number of nitrogens with zero attached hydrogens (tertiary/aromatic N) is 1. The predicted octanol–water partition coefficient (Wildman–Crippen LogP) is 0.675. The second-order valence-corrected chi connectivity index (χ2v) is 12.0. The molecule has 1 unspecified atom stereocenters. The van der Waals surface area contributed by atoms with Crippen molar-refractivity contribution in [1.29, 1.82) is 0 Å². The van der Waals surface area contributed by atoms with Gasteiger partial charge in [0.15, 0.2) is 17.3 Å².